The molecule has 3 heterocycles. The van der Waals surface area contributed by atoms with Crippen LogP contribution in [0.15, 0.2) is 193 Å². The number of rotatable bonds is 8. The molecule has 0 N–H and O–H groups in total. The van der Waals surface area contributed by atoms with E-state index in [0.29, 0.717) is 16.8 Å². The molecular formula is C62H51IrN3O-2. The average molecular weight is 1050 g/mol. The van der Waals surface area contributed by atoms with Crippen molar-refractivity contribution in [3.8, 4) is 61.7 Å². The van der Waals surface area contributed by atoms with Crippen molar-refractivity contribution in [2.24, 2.45) is 0 Å². The van der Waals surface area contributed by atoms with Crippen LogP contribution in [-0.2, 0) is 20.1 Å². The van der Waals surface area contributed by atoms with E-state index in [1.807, 2.05) is 48.5 Å². The molecule has 67 heavy (non-hydrogen) atoms. The van der Waals surface area contributed by atoms with Crippen LogP contribution in [-0.4, -0.2) is 14.5 Å². The fraction of sp³-hybridized carbons (Fsp3) is 0.129. The molecular weight excluding hydrogens is 995 g/mol. The van der Waals surface area contributed by atoms with Gasteiger partial charge in [0.05, 0.1) is 22.4 Å². The van der Waals surface area contributed by atoms with Crippen LogP contribution >= 0.6 is 0 Å². The minimum absolute atomic E-state index is 0. The van der Waals surface area contributed by atoms with Gasteiger partial charge in [-0.2, -0.15) is 0 Å². The molecule has 1 radical (unpaired) electrons. The molecule has 331 valence electrons. The Labute approximate surface area is 415 Å². The predicted octanol–water partition coefficient (Wildman–Crippen LogP) is 16.8. The van der Waals surface area contributed by atoms with E-state index in [1.54, 1.807) is 12.1 Å². The van der Waals surface area contributed by atoms with Gasteiger partial charge in [-0.15, -0.1) is 47.5 Å². The maximum atomic E-state index is 7.77. The number of imidazole rings is 1. The zero-order chi connectivity index (χ0) is 50.3. The van der Waals surface area contributed by atoms with Gasteiger partial charge in [-0.1, -0.05) is 178 Å². The van der Waals surface area contributed by atoms with Crippen molar-refractivity contribution in [2.75, 3.05) is 0 Å². The molecule has 11 rings (SSSR count). The summed E-state index contributed by atoms with van der Waals surface area (Å²) in [6.07, 6.45) is 1.32. The van der Waals surface area contributed by atoms with Crippen LogP contribution in [0.4, 0.5) is 0 Å². The van der Waals surface area contributed by atoms with Crippen molar-refractivity contribution in [1.82, 2.24) is 14.5 Å². The van der Waals surface area contributed by atoms with Gasteiger partial charge in [-0.25, -0.2) is 0 Å². The van der Waals surface area contributed by atoms with Gasteiger partial charge in [-0.3, -0.25) is 4.98 Å². The first-order chi connectivity index (χ1) is 34.6. The van der Waals surface area contributed by atoms with E-state index in [1.165, 1.54) is 57.4 Å². The standard InChI is InChI=1S/C43H35N2O.C19H16N.Ir/c1-27(2)36-25-32(31-23-21-30(22-24-31)29-13-6-5-7-14-29)26-37(28(3)4)41(36)45-39-19-10-9-18-38(39)44-43(45)35-17-12-16-34-33-15-8-11-20-40(33)46-42(34)35;1-14-8-11-19(20-13-14)17-10-9-15(2)18(12-17)16-6-4-3-5-7-16;/h5-16,18-28H,1-4H3;3-9,11-13H,1-2H3;/q2*-1;/i;1D3,2D3;. The van der Waals surface area contributed by atoms with Gasteiger partial charge in [0.1, 0.15) is 5.58 Å². The zero-order valence-electron chi connectivity index (χ0n) is 43.6. The van der Waals surface area contributed by atoms with Crippen LogP contribution in [0.3, 0.4) is 0 Å². The molecule has 5 heteroatoms. The molecule has 0 atom stereocenters. The van der Waals surface area contributed by atoms with Crippen molar-refractivity contribution in [3.05, 3.63) is 223 Å². The number of hydrogen-bond donors (Lipinski definition) is 0. The molecule has 0 unspecified atom stereocenters. The second-order valence-corrected chi connectivity index (χ2v) is 17.2. The quantitative estimate of drug-likeness (QED) is 0.142. The maximum Gasteiger partial charge on any atom is 0.120 e. The van der Waals surface area contributed by atoms with E-state index in [0.717, 1.165) is 49.9 Å². The van der Waals surface area contributed by atoms with Crippen LogP contribution in [0.25, 0.3) is 94.7 Å². The monoisotopic (exact) mass is 1050 g/mol. The van der Waals surface area contributed by atoms with Crippen LogP contribution < -0.4 is 0 Å². The van der Waals surface area contributed by atoms with Crippen LogP contribution in [0.2, 0.25) is 0 Å². The number of pyridine rings is 1. The van der Waals surface area contributed by atoms with Gasteiger partial charge in [-0.05, 0) is 99.2 Å². The Bertz CT molecular complexity index is 3680. The molecule has 0 aliphatic carbocycles. The summed E-state index contributed by atoms with van der Waals surface area (Å²) in [5.41, 5.74) is 16.1. The molecule has 0 saturated heterocycles. The molecule has 0 aliphatic rings. The molecule has 0 spiro atoms. The third-order valence-electron chi connectivity index (χ3n) is 12.2. The molecule has 0 saturated carbocycles. The van der Waals surface area contributed by atoms with Gasteiger partial charge in [0.2, 0.25) is 0 Å². The van der Waals surface area contributed by atoms with E-state index in [9.17, 15) is 0 Å². The second kappa shape index (κ2) is 19.4. The number of aromatic nitrogens is 3. The van der Waals surface area contributed by atoms with Crippen molar-refractivity contribution >= 4 is 33.0 Å². The Morgan fingerprint density at radius 1 is 0.597 bits per heavy atom. The van der Waals surface area contributed by atoms with Crippen LogP contribution in [0.1, 0.15) is 70.0 Å². The molecule has 0 amide bonds. The largest absolute Gasteiger partial charge is 0.501 e. The second-order valence-electron chi connectivity index (χ2n) is 17.2. The van der Waals surface area contributed by atoms with E-state index < -0.39 is 13.7 Å². The Balaban J connectivity index is 0.000000207. The first-order valence-electron chi connectivity index (χ1n) is 25.4. The fourth-order valence-corrected chi connectivity index (χ4v) is 8.80. The summed E-state index contributed by atoms with van der Waals surface area (Å²) < 4.78 is 54.4. The van der Waals surface area contributed by atoms with E-state index in [2.05, 4.69) is 159 Å². The Kier molecular flexibility index (Phi) is 11.0. The Hall–Kier alpha value is -7.17. The number of furan rings is 1. The molecule has 0 fully saturated rings. The number of para-hydroxylation sites is 3. The zero-order valence-corrected chi connectivity index (χ0v) is 40.0. The van der Waals surface area contributed by atoms with E-state index in [4.69, 9.17) is 17.6 Å². The van der Waals surface area contributed by atoms with Crippen molar-refractivity contribution in [1.29, 1.82) is 0 Å². The topological polar surface area (TPSA) is 43.9 Å². The summed E-state index contributed by atoms with van der Waals surface area (Å²) in [4.78, 5) is 9.48. The van der Waals surface area contributed by atoms with Crippen molar-refractivity contribution in [2.45, 2.75) is 53.2 Å². The van der Waals surface area contributed by atoms with E-state index >= 15 is 0 Å². The number of benzene rings is 8. The van der Waals surface area contributed by atoms with Crippen LogP contribution in [0.5, 0.6) is 0 Å². The summed E-state index contributed by atoms with van der Waals surface area (Å²) >= 11 is 0. The third kappa shape index (κ3) is 8.93. The summed E-state index contributed by atoms with van der Waals surface area (Å²) in [5, 5.41) is 2.18. The number of hydrogen-bond acceptors (Lipinski definition) is 3. The summed E-state index contributed by atoms with van der Waals surface area (Å²) in [6.45, 7) is 4.67. The summed E-state index contributed by atoms with van der Waals surface area (Å²) in [7, 11) is 0. The predicted molar refractivity (Wildman–Crippen MR) is 275 cm³/mol. The Morgan fingerprint density at radius 3 is 1.91 bits per heavy atom. The maximum absolute atomic E-state index is 7.77. The molecule has 4 nitrogen and oxygen atoms in total. The van der Waals surface area contributed by atoms with E-state index in [-0.39, 0.29) is 43.1 Å². The molecule has 11 aromatic rings. The van der Waals surface area contributed by atoms with Gasteiger partial charge in [0.15, 0.2) is 0 Å². The van der Waals surface area contributed by atoms with Crippen molar-refractivity contribution in [3.63, 3.8) is 0 Å². The number of fused-ring (bicyclic) bond motifs is 4. The average Bonchev–Trinajstić information content (AvgIpc) is 3.97. The minimum Gasteiger partial charge on any atom is -0.501 e. The minimum atomic E-state index is -2.27. The summed E-state index contributed by atoms with van der Waals surface area (Å²) in [5.74, 6) is 1.39. The van der Waals surface area contributed by atoms with Gasteiger partial charge in [0, 0.05) is 45.6 Å². The van der Waals surface area contributed by atoms with Crippen molar-refractivity contribution < 1.29 is 32.7 Å². The molecule has 0 bridgehead atoms. The fourth-order valence-electron chi connectivity index (χ4n) is 8.80. The first kappa shape index (κ1) is 38.0. The van der Waals surface area contributed by atoms with Gasteiger partial charge in [0.25, 0.3) is 0 Å². The Morgan fingerprint density at radius 2 is 1.24 bits per heavy atom. The first-order valence-corrected chi connectivity index (χ1v) is 22.4. The molecule has 8 aromatic carbocycles. The summed E-state index contributed by atoms with van der Waals surface area (Å²) in [6, 6.07) is 67.1. The SMILES string of the molecule is CC(C)c1cc(-c2ccc(-c3ccccc3)cc2)cc(C(C)C)c1-n1c(-c2[c-]ccc3c2oc2ccccc23)nc2ccccc21.[2H]C([2H])([2H])c1ccc(-c2[c-]cc(C([2H])([2H])[2H])c(-c3ccccc3)c2)nc1.[Ir]. The normalized spacial score (nSPS) is 13.0. The number of nitrogens with zero attached hydrogens (tertiary/aromatic N) is 3. The van der Waals surface area contributed by atoms with Crippen LogP contribution in [0, 0.1) is 25.8 Å². The van der Waals surface area contributed by atoms with Gasteiger partial charge < -0.3 is 14.0 Å². The smallest absolute Gasteiger partial charge is 0.120 e. The third-order valence-corrected chi connectivity index (χ3v) is 12.2. The number of aryl methyl sites for hydroxylation is 2. The molecule has 3 aromatic heterocycles. The van der Waals surface area contributed by atoms with Gasteiger partial charge >= 0.3 is 0 Å². The molecule has 0 aliphatic heterocycles.